The number of nitrogens with two attached hydrogens (primary N) is 1. The number of nitrogens with zero attached hydrogens (tertiary/aromatic N) is 2. The predicted molar refractivity (Wildman–Crippen MR) is 202 cm³/mol. The molecule has 0 aromatic heterocycles. The summed E-state index contributed by atoms with van der Waals surface area (Å²) in [6.07, 6.45) is 13.3. The van der Waals surface area contributed by atoms with E-state index in [4.69, 9.17) is 5.73 Å². The van der Waals surface area contributed by atoms with Crippen molar-refractivity contribution in [2.75, 3.05) is 30.3 Å². The van der Waals surface area contributed by atoms with Gasteiger partial charge in [-0.15, -0.1) is 0 Å². The van der Waals surface area contributed by atoms with Crippen molar-refractivity contribution < 1.29 is 33.6 Å². The zero-order chi connectivity index (χ0) is 38.6. The number of amides is 7. The number of carbonyl (C=O) groups excluding carboxylic acids is 7. The van der Waals surface area contributed by atoms with E-state index in [0.717, 1.165) is 27.3 Å². The summed E-state index contributed by atoms with van der Waals surface area (Å²) in [5.74, 6) is -3.82. The molecule has 0 saturated carbocycles. The summed E-state index contributed by atoms with van der Waals surface area (Å²) in [6.45, 7) is 0.0614. The Labute approximate surface area is 314 Å². The maximum absolute atomic E-state index is 13.3. The Balaban J connectivity index is 0.903. The summed E-state index contributed by atoms with van der Waals surface area (Å²) in [5.41, 5.74) is 10.9. The van der Waals surface area contributed by atoms with Crippen LogP contribution in [0.2, 0.25) is 0 Å². The van der Waals surface area contributed by atoms with Crippen molar-refractivity contribution in [2.45, 2.75) is 31.3 Å². The topological polar surface area (TPSA) is 221 Å². The Morgan fingerprint density at radius 1 is 0.927 bits per heavy atom. The van der Waals surface area contributed by atoms with Crippen molar-refractivity contribution in [1.29, 1.82) is 0 Å². The number of anilines is 2. The molecule has 15 nitrogen and oxygen atoms in total. The van der Waals surface area contributed by atoms with Gasteiger partial charge in [-0.2, -0.15) is 0 Å². The molecule has 1 fully saturated rings. The Morgan fingerprint density at radius 2 is 1.73 bits per heavy atom. The molecule has 2 unspecified atom stereocenters. The molecule has 55 heavy (non-hydrogen) atoms. The summed E-state index contributed by atoms with van der Waals surface area (Å²) < 4.78 is 0. The van der Waals surface area contributed by atoms with E-state index in [1.54, 1.807) is 18.2 Å². The highest BCUT2D eigenvalue weighted by atomic mass is 16.2. The number of fused-ring (bicyclic) bond motifs is 2. The number of hydrogen-bond donors (Lipinski definition) is 6. The fraction of sp³-hybridized carbons (Fsp3) is 0.200. The first-order chi connectivity index (χ1) is 26.6. The number of carbonyl (C=O) groups is 7. The average molecular weight is 741 g/mol. The first-order valence-electron chi connectivity index (χ1n) is 17.6. The normalized spacial score (nSPS) is 21.3. The molecule has 0 spiro atoms. The highest BCUT2D eigenvalue weighted by molar-refractivity contribution is 6.25. The van der Waals surface area contributed by atoms with Crippen LogP contribution < -0.4 is 32.3 Å². The SMILES string of the molecule is NC(=O)C1=C(Nc2ccccc2)C2=CC(=C3C=CC(C(=O)NCCNC(=O)CNc4cccc5c4C(=O)N(C4CCC(=O)NC4=O)C5=O)=CC3)C=CC2N=C1. The van der Waals surface area contributed by atoms with Crippen molar-refractivity contribution in [3.8, 4) is 0 Å². The van der Waals surface area contributed by atoms with E-state index in [9.17, 15) is 33.6 Å². The molecule has 2 aromatic carbocycles. The summed E-state index contributed by atoms with van der Waals surface area (Å²) in [7, 11) is 0. The van der Waals surface area contributed by atoms with E-state index in [2.05, 4.69) is 31.6 Å². The molecule has 0 radical (unpaired) electrons. The minimum atomic E-state index is -1.10. The molecule has 2 atom stereocenters. The smallest absolute Gasteiger partial charge is 0.264 e. The van der Waals surface area contributed by atoms with Crippen LogP contribution in [0.5, 0.6) is 0 Å². The standard InChI is InChI=1S/C40H36N8O7/c41-36(51)28-20-44-29-14-13-24(19-27(29)35(28)46-25-5-2-1-3-6-25)22-9-11-23(12-10-22)37(52)43-18-17-42-33(50)21-45-30-8-4-7-26-34(30)40(55)48(39(26)54)31-15-16-32(49)47-38(31)53/h1-9,11-14,19-20,29,31,45-46H,10,15-18,21H2,(H2,41,51)(H,42,50)(H,43,52)(H,47,49,53). The third-order valence-corrected chi connectivity index (χ3v) is 9.60. The molecule has 3 aliphatic heterocycles. The van der Waals surface area contributed by atoms with Gasteiger partial charge in [-0.05, 0) is 60.4 Å². The lowest BCUT2D eigenvalue weighted by atomic mass is 9.87. The van der Waals surface area contributed by atoms with Crippen LogP contribution in [0.25, 0.3) is 0 Å². The van der Waals surface area contributed by atoms with Gasteiger partial charge in [-0.1, -0.05) is 48.6 Å². The van der Waals surface area contributed by atoms with Crippen molar-refractivity contribution >= 4 is 58.9 Å². The molecule has 15 heteroatoms. The number of nitrogens with one attached hydrogen (secondary N) is 5. The lowest BCUT2D eigenvalue weighted by Gasteiger charge is -2.27. The Hall–Kier alpha value is -7.16. The van der Waals surface area contributed by atoms with Crippen LogP contribution in [0.4, 0.5) is 11.4 Å². The number of benzene rings is 2. The first-order valence-corrected chi connectivity index (χ1v) is 17.6. The number of dihydropyridines is 1. The molecule has 7 amide bonds. The molecule has 7 rings (SSSR count). The molecule has 278 valence electrons. The Morgan fingerprint density at radius 3 is 2.47 bits per heavy atom. The van der Waals surface area contributed by atoms with E-state index in [0.29, 0.717) is 17.7 Å². The van der Waals surface area contributed by atoms with Gasteiger partial charge in [0.25, 0.3) is 23.6 Å². The monoisotopic (exact) mass is 740 g/mol. The minimum Gasteiger partial charge on any atom is -0.375 e. The molecular weight excluding hydrogens is 704 g/mol. The van der Waals surface area contributed by atoms with E-state index < -0.39 is 41.5 Å². The van der Waals surface area contributed by atoms with Crippen LogP contribution in [0.1, 0.15) is 40.0 Å². The number of allylic oxidation sites excluding steroid dienone is 6. The summed E-state index contributed by atoms with van der Waals surface area (Å²) in [4.78, 5) is 93.5. The molecule has 7 N–H and O–H groups in total. The number of imide groups is 2. The zero-order valence-corrected chi connectivity index (χ0v) is 29.4. The second-order valence-corrected chi connectivity index (χ2v) is 13.1. The Bertz CT molecular complexity index is 2260. The van der Waals surface area contributed by atoms with Crippen LogP contribution >= 0.6 is 0 Å². The van der Waals surface area contributed by atoms with E-state index >= 15 is 0 Å². The van der Waals surface area contributed by atoms with Crippen molar-refractivity contribution in [2.24, 2.45) is 10.7 Å². The molecule has 2 aromatic rings. The first kappa shape index (κ1) is 36.2. The Kier molecular flexibility index (Phi) is 10.2. The van der Waals surface area contributed by atoms with Crippen molar-refractivity contribution in [3.63, 3.8) is 0 Å². The zero-order valence-electron chi connectivity index (χ0n) is 29.4. The number of para-hydroxylation sites is 1. The van der Waals surface area contributed by atoms with Crippen molar-refractivity contribution in [1.82, 2.24) is 20.9 Å². The number of aliphatic imine (C=N–C) groups is 1. The lowest BCUT2D eigenvalue weighted by molar-refractivity contribution is -0.136. The van der Waals surface area contributed by atoms with E-state index in [1.165, 1.54) is 12.3 Å². The molecule has 2 aliphatic carbocycles. The maximum atomic E-state index is 13.3. The van der Waals surface area contributed by atoms with E-state index in [-0.39, 0.29) is 66.8 Å². The molecule has 0 bridgehead atoms. The third kappa shape index (κ3) is 7.53. The summed E-state index contributed by atoms with van der Waals surface area (Å²) in [6, 6.07) is 12.7. The summed E-state index contributed by atoms with van der Waals surface area (Å²) in [5, 5.41) is 13.9. The fourth-order valence-corrected chi connectivity index (χ4v) is 6.83. The maximum Gasteiger partial charge on any atom is 0.264 e. The summed E-state index contributed by atoms with van der Waals surface area (Å²) >= 11 is 0. The van der Waals surface area contributed by atoms with Gasteiger partial charge in [-0.3, -0.25) is 48.8 Å². The molecule has 5 aliphatic rings. The van der Waals surface area contributed by atoms with E-state index in [1.807, 2.05) is 60.7 Å². The minimum absolute atomic E-state index is 0.00578. The van der Waals surface area contributed by atoms with Crippen LogP contribution in [0.15, 0.2) is 124 Å². The van der Waals surface area contributed by atoms with Gasteiger partial charge in [0, 0.05) is 48.2 Å². The molecule has 3 heterocycles. The van der Waals surface area contributed by atoms with Gasteiger partial charge in [0.15, 0.2) is 0 Å². The largest absolute Gasteiger partial charge is 0.375 e. The number of primary amides is 1. The van der Waals surface area contributed by atoms with Gasteiger partial charge in [0.1, 0.15) is 6.04 Å². The van der Waals surface area contributed by atoms with Crippen molar-refractivity contribution in [3.05, 3.63) is 130 Å². The van der Waals surface area contributed by atoms with Gasteiger partial charge in [0.2, 0.25) is 17.7 Å². The average Bonchev–Trinajstić information content (AvgIpc) is 3.44. The number of rotatable bonds is 11. The molecular formula is C40H36N8O7. The van der Waals surface area contributed by atoms with Crippen LogP contribution in [0.3, 0.4) is 0 Å². The second kappa shape index (κ2) is 15.4. The van der Waals surface area contributed by atoms with Gasteiger partial charge < -0.3 is 27.0 Å². The van der Waals surface area contributed by atoms with Gasteiger partial charge in [0.05, 0.1) is 35.0 Å². The van der Waals surface area contributed by atoms with Crippen LogP contribution in [-0.2, 0) is 24.0 Å². The van der Waals surface area contributed by atoms with Gasteiger partial charge >= 0.3 is 0 Å². The highest BCUT2D eigenvalue weighted by Gasteiger charge is 2.45. The highest BCUT2D eigenvalue weighted by Crippen LogP contribution is 2.34. The number of hydrogen-bond acceptors (Lipinski definition) is 10. The second-order valence-electron chi connectivity index (χ2n) is 13.1. The number of piperidine rings is 1. The fourth-order valence-electron chi connectivity index (χ4n) is 6.83. The van der Waals surface area contributed by atoms with Crippen LogP contribution in [0, 0.1) is 0 Å². The molecule has 1 saturated heterocycles. The quantitative estimate of drug-likeness (QED) is 0.146. The van der Waals surface area contributed by atoms with Gasteiger partial charge in [-0.25, -0.2) is 0 Å². The third-order valence-electron chi connectivity index (χ3n) is 9.60. The lowest BCUT2D eigenvalue weighted by Crippen LogP contribution is -2.54. The van der Waals surface area contributed by atoms with Crippen LogP contribution in [-0.4, -0.2) is 84.2 Å². The predicted octanol–water partition coefficient (Wildman–Crippen LogP) is 1.72.